The number of halogens is 1. The average Bonchev–Trinajstić information content (AvgIpc) is 3.12. The number of ether oxygens (including phenoxy) is 1. The summed E-state index contributed by atoms with van der Waals surface area (Å²) in [5, 5.41) is 4.48. The van der Waals surface area contributed by atoms with Crippen LogP contribution in [0.15, 0.2) is 42.5 Å². The van der Waals surface area contributed by atoms with Crippen molar-refractivity contribution in [3.8, 4) is 5.75 Å². The number of benzene rings is 2. The second-order valence-electron chi connectivity index (χ2n) is 6.46. The van der Waals surface area contributed by atoms with Gasteiger partial charge in [-0.2, -0.15) is 0 Å². The minimum absolute atomic E-state index is 0.0753. The number of pyridine rings is 1. The van der Waals surface area contributed by atoms with Gasteiger partial charge in [-0.3, -0.25) is 9.78 Å². The highest BCUT2D eigenvalue weighted by Crippen LogP contribution is 2.31. The zero-order chi connectivity index (χ0) is 18.1. The summed E-state index contributed by atoms with van der Waals surface area (Å²) < 4.78 is 5.17. The van der Waals surface area contributed by atoms with Crippen LogP contribution in [0.25, 0.3) is 10.9 Å². The van der Waals surface area contributed by atoms with Crippen LogP contribution in [0.3, 0.4) is 0 Å². The van der Waals surface area contributed by atoms with E-state index in [1.54, 1.807) is 7.11 Å². The van der Waals surface area contributed by atoms with Gasteiger partial charge in [0.15, 0.2) is 0 Å². The Balaban J connectivity index is 1.66. The summed E-state index contributed by atoms with van der Waals surface area (Å²) >= 11 is 6.18. The zero-order valence-electron chi connectivity index (χ0n) is 14.5. The van der Waals surface area contributed by atoms with Crippen molar-refractivity contribution in [3.05, 3.63) is 69.9 Å². The number of aryl methyl sites for hydroxylation is 1. The molecule has 0 bridgehead atoms. The van der Waals surface area contributed by atoms with Crippen molar-refractivity contribution in [1.29, 1.82) is 0 Å². The molecule has 0 saturated heterocycles. The molecule has 5 heteroatoms. The second kappa shape index (κ2) is 6.96. The molecule has 2 aromatic carbocycles. The van der Waals surface area contributed by atoms with Gasteiger partial charge >= 0.3 is 0 Å². The van der Waals surface area contributed by atoms with Gasteiger partial charge < -0.3 is 10.1 Å². The molecular formula is C21H19ClN2O2. The smallest absolute Gasteiger partial charge is 0.252 e. The molecule has 4 rings (SSSR count). The maximum atomic E-state index is 13.0. The summed E-state index contributed by atoms with van der Waals surface area (Å²) in [7, 11) is 1.64. The Kier molecular flexibility index (Phi) is 4.51. The van der Waals surface area contributed by atoms with Gasteiger partial charge in [0, 0.05) is 22.6 Å². The number of rotatable bonds is 4. The van der Waals surface area contributed by atoms with E-state index in [4.69, 9.17) is 21.3 Å². The van der Waals surface area contributed by atoms with Gasteiger partial charge in [0.2, 0.25) is 0 Å². The van der Waals surface area contributed by atoms with Crippen LogP contribution in [-0.4, -0.2) is 18.0 Å². The summed E-state index contributed by atoms with van der Waals surface area (Å²) in [4.78, 5) is 17.7. The number of carbonyl (C=O) groups excluding carboxylic acids is 1. The lowest BCUT2D eigenvalue weighted by Crippen LogP contribution is -2.24. The zero-order valence-corrected chi connectivity index (χ0v) is 15.3. The van der Waals surface area contributed by atoms with Crippen LogP contribution in [0, 0.1) is 0 Å². The van der Waals surface area contributed by atoms with Crippen LogP contribution in [-0.2, 0) is 19.4 Å². The lowest BCUT2D eigenvalue weighted by molar-refractivity contribution is 0.0951. The molecular weight excluding hydrogens is 348 g/mol. The lowest BCUT2D eigenvalue weighted by Gasteiger charge is -2.13. The van der Waals surface area contributed by atoms with Crippen molar-refractivity contribution in [3.63, 3.8) is 0 Å². The Morgan fingerprint density at radius 2 is 2.00 bits per heavy atom. The Bertz CT molecular complexity index is 983. The predicted octanol–water partition coefficient (Wildman–Crippen LogP) is 4.32. The topological polar surface area (TPSA) is 51.2 Å². The van der Waals surface area contributed by atoms with Crippen molar-refractivity contribution in [2.45, 2.75) is 25.8 Å². The van der Waals surface area contributed by atoms with Crippen molar-refractivity contribution in [2.75, 3.05) is 7.11 Å². The summed E-state index contributed by atoms with van der Waals surface area (Å²) in [5.41, 5.74) is 4.66. The quantitative estimate of drug-likeness (QED) is 0.748. The fourth-order valence-corrected chi connectivity index (χ4v) is 3.68. The third kappa shape index (κ3) is 3.13. The van der Waals surface area contributed by atoms with Crippen LogP contribution in [0.2, 0.25) is 5.02 Å². The number of carbonyl (C=O) groups is 1. The Morgan fingerprint density at radius 1 is 1.19 bits per heavy atom. The summed E-state index contributed by atoms with van der Waals surface area (Å²) in [5.74, 6) is 0.723. The number of amides is 1. The molecule has 0 radical (unpaired) electrons. The maximum absolute atomic E-state index is 13.0. The van der Waals surface area contributed by atoms with E-state index in [-0.39, 0.29) is 5.91 Å². The molecule has 26 heavy (non-hydrogen) atoms. The lowest BCUT2D eigenvalue weighted by atomic mass is 10.0. The molecule has 0 saturated carbocycles. The molecule has 1 heterocycles. The van der Waals surface area contributed by atoms with Crippen molar-refractivity contribution >= 4 is 28.4 Å². The third-order valence-electron chi connectivity index (χ3n) is 4.81. The van der Waals surface area contributed by atoms with Gasteiger partial charge in [-0.15, -0.1) is 0 Å². The van der Waals surface area contributed by atoms with Crippen molar-refractivity contribution < 1.29 is 9.53 Å². The summed E-state index contributed by atoms with van der Waals surface area (Å²) in [6.45, 7) is 0.460. The molecule has 1 aliphatic carbocycles. The Hall–Kier alpha value is -2.59. The highest BCUT2D eigenvalue weighted by atomic mass is 35.5. The average molecular weight is 367 g/mol. The van der Waals surface area contributed by atoms with E-state index in [1.807, 2.05) is 42.5 Å². The molecule has 1 N–H and O–H groups in total. The van der Waals surface area contributed by atoms with E-state index >= 15 is 0 Å². The summed E-state index contributed by atoms with van der Waals surface area (Å²) in [6.07, 6.45) is 2.84. The van der Waals surface area contributed by atoms with Gasteiger partial charge in [-0.05, 0) is 60.7 Å². The van der Waals surface area contributed by atoms with Crippen LogP contribution in [0.4, 0.5) is 0 Å². The molecule has 1 aliphatic rings. The SMILES string of the molecule is COc1ccc(CNC(=O)c2c3c(nc4ccc(Cl)cc24)CCC3)cc1. The highest BCUT2D eigenvalue weighted by molar-refractivity contribution is 6.31. The number of nitrogens with zero attached hydrogens (tertiary/aromatic N) is 1. The molecule has 0 aliphatic heterocycles. The molecule has 0 atom stereocenters. The van der Waals surface area contributed by atoms with Gasteiger partial charge in [0.25, 0.3) is 5.91 Å². The van der Waals surface area contributed by atoms with E-state index < -0.39 is 0 Å². The third-order valence-corrected chi connectivity index (χ3v) is 5.05. The van der Waals surface area contributed by atoms with Gasteiger partial charge in [-0.1, -0.05) is 23.7 Å². The molecule has 0 spiro atoms. The number of fused-ring (bicyclic) bond motifs is 2. The number of hydrogen-bond donors (Lipinski definition) is 1. The van der Waals surface area contributed by atoms with Crippen molar-refractivity contribution in [2.24, 2.45) is 0 Å². The fraction of sp³-hybridized carbons (Fsp3) is 0.238. The van der Waals surface area contributed by atoms with Crippen molar-refractivity contribution in [1.82, 2.24) is 10.3 Å². The fourth-order valence-electron chi connectivity index (χ4n) is 3.51. The van der Waals surface area contributed by atoms with Crippen LogP contribution in [0.5, 0.6) is 5.75 Å². The van der Waals surface area contributed by atoms with Gasteiger partial charge in [0.1, 0.15) is 5.75 Å². The molecule has 3 aromatic rings. The first-order valence-electron chi connectivity index (χ1n) is 8.68. The minimum Gasteiger partial charge on any atom is -0.497 e. The second-order valence-corrected chi connectivity index (χ2v) is 6.89. The Labute approximate surface area is 157 Å². The van der Waals surface area contributed by atoms with Crippen LogP contribution >= 0.6 is 11.6 Å². The monoisotopic (exact) mass is 366 g/mol. The predicted molar refractivity (Wildman–Crippen MR) is 103 cm³/mol. The molecule has 1 aromatic heterocycles. The van der Waals surface area contributed by atoms with E-state index in [0.717, 1.165) is 58.3 Å². The van der Waals surface area contributed by atoms with E-state index in [1.165, 1.54) is 0 Å². The first-order chi connectivity index (χ1) is 12.7. The van der Waals surface area contributed by atoms with Gasteiger partial charge in [0.05, 0.1) is 18.2 Å². The molecule has 132 valence electrons. The molecule has 0 fully saturated rings. The largest absolute Gasteiger partial charge is 0.497 e. The molecule has 0 unspecified atom stereocenters. The van der Waals surface area contributed by atoms with E-state index in [0.29, 0.717) is 11.6 Å². The first-order valence-corrected chi connectivity index (χ1v) is 9.05. The standard InChI is InChI=1S/C21H19ClN2O2/c1-26-15-8-5-13(6-9-15)12-23-21(25)20-16-3-2-4-18(16)24-19-10-7-14(22)11-17(19)20/h5-11H,2-4,12H2,1H3,(H,23,25). The summed E-state index contributed by atoms with van der Waals surface area (Å²) in [6, 6.07) is 13.2. The number of aromatic nitrogens is 1. The normalized spacial score (nSPS) is 12.8. The number of methoxy groups -OCH3 is 1. The van der Waals surface area contributed by atoms with Crippen LogP contribution < -0.4 is 10.1 Å². The van der Waals surface area contributed by atoms with Gasteiger partial charge in [-0.25, -0.2) is 0 Å². The Morgan fingerprint density at radius 3 is 2.77 bits per heavy atom. The van der Waals surface area contributed by atoms with E-state index in [9.17, 15) is 4.79 Å². The number of nitrogens with one attached hydrogen (secondary N) is 1. The first kappa shape index (κ1) is 16.9. The highest BCUT2D eigenvalue weighted by Gasteiger charge is 2.23. The minimum atomic E-state index is -0.0753. The number of hydrogen-bond acceptors (Lipinski definition) is 3. The molecule has 4 nitrogen and oxygen atoms in total. The van der Waals surface area contributed by atoms with E-state index in [2.05, 4.69) is 5.32 Å². The molecule has 1 amide bonds. The maximum Gasteiger partial charge on any atom is 0.252 e. The van der Waals surface area contributed by atoms with Crippen LogP contribution in [0.1, 0.15) is 33.6 Å².